The average molecular weight is 1260 g/mol. The van der Waals surface area contributed by atoms with Crippen molar-refractivity contribution in [2.24, 2.45) is 0 Å². The summed E-state index contributed by atoms with van der Waals surface area (Å²) in [6, 6.07) is 0. The summed E-state index contributed by atoms with van der Waals surface area (Å²) in [6.45, 7) is 7.07. The Balaban J connectivity index is 3.26. The molecule has 1 fully saturated rings. The van der Waals surface area contributed by atoms with E-state index in [1.807, 2.05) is 0 Å². The molecule has 1 saturated heterocycles. The molecule has 0 radical (unpaired) electrons. The van der Waals surface area contributed by atoms with Crippen LogP contribution in [0.5, 0.6) is 0 Å². The topological polar surface area (TPSA) is 195 Å². The van der Waals surface area contributed by atoms with Gasteiger partial charge in [0.05, 0.1) is 0 Å². The zero-order chi connectivity index (χ0) is 65.8. The van der Waals surface area contributed by atoms with Gasteiger partial charge in [0.1, 0.15) is 6.61 Å². The fraction of sp³-hybridized carbons (Fsp3) is 0.636. The highest BCUT2D eigenvalue weighted by Crippen LogP contribution is 2.49. The molecule has 0 aromatic heterocycles. The van der Waals surface area contributed by atoms with E-state index in [9.17, 15) is 39.6 Å². The van der Waals surface area contributed by atoms with E-state index in [1.165, 1.54) is 0 Å². The molecule has 13 heteroatoms. The van der Waals surface area contributed by atoms with Crippen LogP contribution in [0.25, 0.3) is 0 Å². The lowest BCUT2D eigenvalue weighted by Gasteiger charge is -2.55. The largest absolute Gasteiger partial charge is 0.423 e. The van der Waals surface area contributed by atoms with Crippen LogP contribution in [0.15, 0.2) is 146 Å². The number of carbonyl (C=O) groups excluding carboxylic acids is 4. The Morgan fingerprint density at radius 1 is 0.289 bits per heavy atom. The molecule has 90 heavy (non-hydrogen) atoms. The molecule has 1 aliphatic heterocycles. The molecule has 0 spiro atoms. The molecule has 1 unspecified atom stereocenters. The molecule has 1 heterocycles. The van der Waals surface area contributed by atoms with Gasteiger partial charge in [-0.15, -0.1) is 0 Å². The zero-order valence-corrected chi connectivity index (χ0v) is 56.3. The first-order valence-electron chi connectivity index (χ1n) is 35.0. The highest BCUT2D eigenvalue weighted by atomic mass is 16.9. The summed E-state index contributed by atoms with van der Waals surface area (Å²) >= 11 is 0. The van der Waals surface area contributed by atoms with E-state index in [2.05, 4.69) is 174 Å². The Bertz CT molecular complexity index is 2070. The second-order valence-corrected chi connectivity index (χ2v) is 23.2. The van der Waals surface area contributed by atoms with Crippen LogP contribution in [0.4, 0.5) is 0 Å². The standard InChI is InChI=1S/C77H122O13/c1-5-9-13-17-21-25-29-33-37-41-45-49-53-57-61-65-70(78)87-74(82)69-86-77(85,90-73(81)68-64-60-56-52-48-44-40-36-32-28-24-20-16-12-8-4)76(84,89-72(80)67-63-59-55-51-47-43-39-35-31-27-23-19-15-11-7-3)75(74,83)88-71(79)66-62-58-54-50-46-42-38-34-30-26-22-18-14-10-6-2/h9-16,21-28,33-40,82-85H,5-8,17-20,29-32,41-69H2,1-4H3/b13-9-,14-10-,15-11-,16-12-,25-21-,26-22-,27-23-,28-24-,37-33-,38-34-,39-35-,40-36-/t74-,75+,76-,77?/m1/s1. The minimum absolute atomic E-state index is 0.250. The number of aliphatic hydroxyl groups is 4. The number of hydrogen-bond acceptors (Lipinski definition) is 13. The van der Waals surface area contributed by atoms with Crippen molar-refractivity contribution in [3.05, 3.63) is 146 Å². The molecule has 13 nitrogen and oxygen atoms in total. The summed E-state index contributed by atoms with van der Waals surface area (Å²) in [6.07, 6.45) is 79.3. The molecule has 0 aromatic rings. The molecule has 0 aliphatic carbocycles. The molecule has 0 aromatic carbocycles. The molecule has 508 valence electrons. The summed E-state index contributed by atoms with van der Waals surface area (Å²) in [7, 11) is 0. The molecule has 1 aliphatic rings. The van der Waals surface area contributed by atoms with Crippen molar-refractivity contribution < 1.29 is 63.3 Å². The van der Waals surface area contributed by atoms with Gasteiger partial charge in [-0.05, 0) is 154 Å². The van der Waals surface area contributed by atoms with Crippen LogP contribution in [0.1, 0.15) is 285 Å². The summed E-state index contributed by atoms with van der Waals surface area (Å²) in [5.74, 6) is -20.0. The van der Waals surface area contributed by atoms with Crippen molar-refractivity contribution in [1.29, 1.82) is 0 Å². The maximum atomic E-state index is 13.9. The van der Waals surface area contributed by atoms with Gasteiger partial charge in [-0.3, -0.25) is 19.2 Å². The summed E-state index contributed by atoms with van der Waals surface area (Å²) in [4.78, 5) is 55.0. The third-order valence-electron chi connectivity index (χ3n) is 15.1. The molecular weight excluding hydrogens is 1130 g/mol. The van der Waals surface area contributed by atoms with Crippen molar-refractivity contribution in [3.8, 4) is 0 Å². The Hall–Kier alpha value is -5.44. The van der Waals surface area contributed by atoms with Gasteiger partial charge < -0.3 is 44.1 Å². The number of ether oxygens (including phenoxy) is 5. The van der Waals surface area contributed by atoms with E-state index in [0.29, 0.717) is 38.5 Å². The van der Waals surface area contributed by atoms with Gasteiger partial charge in [-0.25, -0.2) is 0 Å². The van der Waals surface area contributed by atoms with E-state index in [1.54, 1.807) is 0 Å². The van der Waals surface area contributed by atoms with Crippen molar-refractivity contribution >= 4 is 23.9 Å². The first kappa shape index (κ1) is 82.6. The van der Waals surface area contributed by atoms with Gasteiger partial charge in [0.2, 0.25) is 0 Å². The summed E-state index contributed by atoms with van der Waals surface area (Å²) in [5.41, 5.74) is 0. The number of hydrogen-bond donors (Lipinski definition) is 4. The highest BCUT2D eigenvalue weighted by Gasteiger charge is 2.85. The van der Waals surface area contributed by atoms with E-state index in [0.717, 1.165) is 180 Å². The minimum atomic E-state index is -4.09. The second-order valence-electron chi connectivity index (χ2n) is 23.2. The normalized spacial score (nSPS) is 20.2. The van der Waals surface area contributed by atoms with Gasteiger partial charge >= 0.3 is 47.2 Å². The van der Waals surface area contributed by atoms with E-state index in [-0.39, 0.29) is 38.5 Å². The molecule has 1 rings (SSSR count). The number of carbonyl (C=O) groups is 4. The van der Waals surface area contributed by atoms with Gasteiger partial charge in [-0.2, -0.15) is 0 Å². The third kappa shape index (κ3) is 40.4. The number of esters is 4. The van der Waals surface area contributed by atoms with Crippen LogP contribution in [0.2, 0.25) is 0 Å². The SMILES string of the molecule is CC/C=C\C/C=C\C/C=C\CCCCCCCC(=O)OC1(O)OC[C@@](O)(OC(=O)CCCCCCC/C=C\C/C=C\C/C=C\CC)[C@](O)(OC(=O)CCCCCCC/C=C\C/C=C\C/C=C\CC)[C@@]1(O)OC(=O)CCCCCCC/C=C\C/C=C\C/C=C\CC. The first-order valence-corrected chi connectivity index (χ1v) is 35.0. The summed E-state index contributed by atoms with van der Waals surface area (Å²) < 4.78 is 27.4. The fourth-order valence-electron chi connectivity index (χ4n) is 9.78. The van der Waals surface area contributed by atoms with Crippen molar-refractivity contribution in [1.82, 2.24) is 0 Å². The van der Waals surface area contributed by atoms with Crippen LogP contribution in [-0.2, 0) is 42.9 Å². The average Bonchev–Trinajstić information content (AvgIpc) is 0.700. The minimum Gasteiger partial charge on any atom is -0.423 e. The third-order valence-corrected chi connectivity index (χ3v) is 15.1. The maximum absolute atomic E-state index is 13.9. The van der Waals surface area contributed by atoms with Crippen molar-refractivity contribution in [2.75, 3.05) is 6.61 Å². The van der Waals surface area contributed by atoms with Crippen LogP contribution < -0.4 is 0 Å². The quantitative estimate of drug-likeness (QED) is 0.0148. The van der Waals surface area contributed by atoms with Crippen molar-refractivity contribution in [2.45, 2.75) is 308 Å². The van der Waals surface area contributed by atoms with Gasteiger partial charge in [-0.1, -0.05) is 251 Å². The predicted molar refractivity (Wildman–Crippen MR) is 367 cm³/mol. The van der Waals surface area contributed by atoms with E-state index in [4.69, 9.17) is 23.7 Å². The van der Waals surface area contributed by atoms with Crippen molar-refractivity contribution in [3.63, 3.8) is 0 Å². The Kier molecular flexibility index (Phi) is 51.7. The zero-order valence-electron chi connectivity index (χ0n) is 56.3. The maximum Gasteiger partial charge on any atom is 0.404 e. The fourth-order valence-corrected chi connectivity index (χ4v) is 9.78. The van der Waals surface area contributed by atoms with Crippen LogP contribution >= 0.6 is 0 Å². The number of rotatable bonds is 56. The first-order chi connectivity index (χ1) is 43.8. The Morgan fingerprint density at radius 2 is 0.511 bits per heavy atom. The highest BCUT2D eigenvalue weighted by molar-refractivity contribution is 5.73. The Morgan fingerprint density at radius 3 is 0.800 bits per heavy atom. The van der Waals surface area contributed by atoms with E-state index >= 15 is 0 Å². The lowest BCUT2D eigenvalue weighted by Crippen LogP contribution is -2.85. The molecule has 0 bridgehead atoms. The van der Waals surface area contributed by atoms with Gasteiger partial charge in [0, 0.05) is 25.7 Å². The lowest BCUT2D eigenvalue weighted by atomic mass is 9.90. The van der Waals surface area contributed by atoms with Crippen LogP contribution in [-0.4, -0.2) is 74.2 Å². The number of allylic oxidation sites excluding steroid dienone is 24. The van der Waals surface area contributed by atoms with Crippen LogP contribution in [0.3, 0.4) is 0 Å². The Labute approximate surface area is 545 Å². The number of unbranched alkanes of at least 4 members (excludes halogenated alkanes) is 20. The smallest absolute Gasteiger partial charge is 0.404 e. The monoisotopic (exact) mass is 1250 g/mol. The predicted octanol–water partition coefficient (Wildman–Crippen LogP) is 19.3. The summed E-state index contributed by atoms with van der Waals surface area (Å²) in [5, 5.41) is 49.8. The molecule has 0 saturated carbocycles. The molecule has 4 N–H and O–H groups in total. The van der Waals surface area contributed by atoms with Gasteiger partial charge in [0.25, 0.3) is 0 Å². The van der Waals surface area contributed by atoms with E-state index < -0.39 is 53.8 Å². The molecule has 0 amide bonds. The molecule has 4 atom stereocenters. The van der Waals surface area contributed by atoms with Crippen LogP contribution in [0, 0.1) is 0 Å². The van der Waals surface area contributed by atoms with Gasteiger partial charge in [0.15, 0.2) is 0 Å². The lowest BCUT2D eigenvalue weighted by molar-refractivity contribution is -0.579. The second kappa shape index (κ2) is 56.3. The molecular formula is C77H122O13.